The SMILES string of the molecule is CCCCCCCCCCCCCCCC[Si](O)(CCCCCCCCCCCCCCCC)CCCCCCCCCCCCCCCC. The van der Waals surface area contributed by atoms with Crippen molar-refractivity contribution < 1.29 is 4.80 Å². The predicted octanol–water partition coefficient (Wildman–Crippen LogP) is 18.4. The molecule has 0 aliphatic heterocycles. The molecule has 0 fully saturated rings. The van der Waals surface area contributed by atoms with Gasteiger partial charge in [-0.05, 0) is 18.1 Å². The van der Waals surface area contributed by atoms with E-state index in [1.165, 1.54) is 288 Å². The number of hydrogen-bond acceptors (Lipinski definition) is 1. The van der Waals surface area contributed by atoms with E-state index in [2.05, 4.69) is 20.8 Å². The Morgan fingerprint density at radius 1 is 0.200 bits per heavy atom. The zero-order valence-corrected chi connectivity index (χ0v) is 36.8. The summed E-state index contributed by atoms with van der Waals surface area (Å²) in [7, 11) is -2.06. The summed E-state index contributed by atoms with van der Waals surface area (Å²) in [6.07, 6.45) is 59.8. The Bertz CT molecular complexity index is 512. The smallest absolute Gasteiger partial charge is 0.188 e. The average Bonchev–Trinajstić information content (AvgIpc) is 3.12. The molecule has 0 unspecified atom stereocenters. The second kappa shape index (κ2) is 43.6. The van der Waals surface area contributed by atoms with Gasteiger partial charge in [-0.3, -0.25) is 0 Å². The van der Waals surface area contributed by atoms with Gasteiger partial charge in [-0.2, -0.15) is 0 Å². The molecule has 302 valence electrons. The van der Waals surface area contributed by atoms with Crippen molar-refractivity contribution in [2.75, 3.05) is 0 Å². The van der Waals surface area contributed by atoms with Crippen LogP contribution in [0.3, 0.4) is 0 Å². The molecule has 2 heteroatoms. The summed E-state index contributed by atoms with van der Waals surface area (Å²) in [5.74, 6) is 0. The van der Waals surface area contributed by atoms with Crippen LogP contribution in [-0.2, 0) is 0 Å². The van der Waals surface area contributed by atoms with E-state index < -0.39 is 8.32 Å². The van der Waals surface area contributed by atoms with E-state index >= 15 is 0 Å². The molecule has 50 heavy (non-hydrogen) atoms. The van der Waals surface area contributed by atoms with Gasteiger partial charge in [0, 0.05) is 0 Å². The van der Waals surface area contributed by atoms with E-state index in [1.54, 1.807) is 0 Å². The van der Waals surface area contributed by atoms with Crippen molar-refractivity contribution in [3.63, 3.8) is 0 Å². The molecule has 0 saturated carbocycles. The van der Waals surface area contributed by atoms with Crippen LogP contribution < -0.4 is 0 Å². The molecule has 0 atom stereocenters. The molecule has 0 amide bonds. The van der Waals surface area contributed by atoms with Gasteiger partial charge >= 0.3 is 0 Å². The zero-order valence-electron chi connectivity index (χ0n) is 35.8. The number of rotatable bonds is 45. The highest BCUT2D eigenvalue weighted by Crippen LogP contribution is 2.28. The lowest BCUT2D eigenvalue weighted by Gasteiger charge is -2.25. The fraction of sp³-hybridized carbons (Fsp3) is 1.00. The van der Waals surface area contributed by atoms with E-state index in [1.807, 2.05) is 0 Å². The van der Waals surface area contributed by atoms with Gasteiger partial charge in [-0.15, -0.1) is 0 Å². The first kappa shape index (κ1) is 50.2. The first-order valence-corrected chi connectivity index (χ1v) is 27.0. The topological polar surface area (TPSA) is 20.2 Å². The van der Waals surface area contributed by atoms with E-state index in [9.17, 15) is 4.80 Å². The van der Waals surface area contributed by atoms with Gasteiger partial charge in [0.1, 0.15) is 0 Å². The van der Waals surface area contributed by atoms with Crippen LogP contribution in [0.4, 0.5) is 0 Å². The van der Waals surface area contributed by atoms with E-state index in [0.717, 1.165) is 0 Å². The van der Waals surface area contributed by atoms with Gasteiger partial charge in [0.15, 0.2) is 8.32 Å². The van der Waals surface area contributed by atoms with Crippen LogP contribution in [-0.4, -0.2) is 13.1 Å². The molecule has 0 aromatic heterocycles. The molecule has 0 radical (unpaired) electrons. The molecule has 1 N–H and O–H groups in total. The second-order valence-electron chi connectivity index (χ2n) is 17.3. The molecule has 0 aromatic carbocycles. The van der Waals surface area contributed by atoms with Gasteiger partial charge in [0.25, 0.3) is 0 Å². The third kappa shape index (κ3) is 40.9. The molecule has 0 aliphatic carbocycles. The Morgan fingerprint density at radius 2 is 0.320 bits per heavy atom. The molecular formula is C48H100OSi. The monoisotopic (exact) mass is 721 g/mol. The second-order valence-corrected chi connectivity index (χ2v) is 21.2. The van der Waals surface area contributed by atoms with E-state index in [-0.39, 0.29) is 0 Å². The lowest BCUT2D eigenvalue weighted by molar-refractivity contribution is 0.490. The average molecular weight is 721 g/mol. The molecule has 0 saturated heterocycles. The van der Waals surface area contributed by atoms with Crippen molar-refractivity contribution in [2.45, 2.75) is 309 Å². The van der Waals surface area contributed by atoms with Crippen LogP contribution in [0.5, 0.6) is 0 Å². The minimum absolute atomic E-state index is 1.20. The highest BCUT2D eigenvalue weighted by molar-refractivity contribution is 6.72. The Labute approximate surface area is 320 Å². The summed E-state index contributed by atoms with van der Waals surface area (Å²) in [4.78, 5) is 11.9. The van der Waals surface area contributed by atoms with Crippen LogP contribution in [0.25, 0.3) is 0 Å². The van der Waals surface area contributed by atoms with Crippen molar-refractivity contribution >= 4 is 8.32 Å². The summed E-state index contributed by atoms with van der Waals surface area (Å²) < 4.78 is 0. The lowest BCUT2D eigenvalue weighted by Crippen LogP contribution is -2.34. The van der Waals surface area contributed by atoms with Crippen molar-refractivity contribution in [3.8, 4) is 0 Å². The standard InChI is InChI=1S/C48H100OSi/c1-4-7-10-13-16-19-22-25-28-31-34-37-40-43-46-50(49,47-44-41-38-35-32-29-26-23-20-17-14-11-8-5-2)48-45-42-39-36-33-30-27-24-21-18-15-12-9-6-3/h49H,4-48H2,1-3H3. The van der Waals surface area contributed by atoms with Crippen molar-refractivity contribution in [1.29, 1.82) is 0 Å². The highest BCUT2D eigenvalue weighted by Gasteiger charge is 2.29. The summed E-state index contributed by atoms with van der Waals surface area (Å²) in [5, 5.41) is 0. The minimum Gasteiger partial charge on any atom is -0.432 e. The summed E-state index contributed by atoms with van der Waals surface area (Å²) in [5.41, 5.74) is 0. The van der Waals surface area contributed by atoms with Crippen LogP contribution in [0.1, 0.15) is 290 Å². The largest absolute Gasteiger partial charge is 0.432 e. The third-order valence-corrected chi connectivity index (χ3v) is 15.8. The van der Waals surface area contributed by atoms with Gasteiger partial charge in [0.2, 0.25) is 0 Å². The molecular weight excluding hydrogens is 621 g/mol. The molecule has 0 aliphatic rings. The van der Waals surface area contributed by atoms with Crippen molar-refractivity contribution in [2.24, 2.45) is 0 Å². The molecule has 0 aromatic rings. The molecule has 0 heterocycles. The van der Waals surface area contributed by atoms with E-state index in [0.29, 0.717) is 0 Å². The van der Waals surface area contributed by atoms with Crippen molar-refractivity contribution in [1.82, 2.24) is 0 Å². The predicted molar refractivity (Wildman–Crippen MR) is 233 cm³/mol. The quantitative estimate of drug-likeness (QED) is 0.0490. The van der Waals surface area contributed by atoms with Crippen LogP contribution in [0.2, 0.25) is 18.1 Å². The Kier molecular flexibility index (Phi) is 43.7. The summed E-state index contributed by atoms with van der Waals surface area (Å²) in [6.45, 7) is 6.93. The molecule has 0 rings (SSSR count). The zero-order chi connectivity index (χ0) is 36.3. The van der Waals surface area contributed by atoms with E-state index in [4.69, 9.17) is 0 Å². The maximum absolute atomic E-state index is 11.9. The minimum atomic E-state index is -2.06. The van der Waals surface area contributed by atoms with Crippen LogP contribution in [0, 0.1) is 0 Å². The molecule has 0 spiro atoms. The lowest BCUT2D eigenvalue weighted by atomic mass is 10.0. The van der Waals surface area contributed by atoms with Gasteiger partial charge < -0.3 is 4.80 Å². The number of unbranched alkanes of at least 4 members (excludes halogenated alkanes) is 39. The normalized spacial score (nSPS) is 12.0. The first-order chi connectivity index (χ1) is 24.7. The summed E-state index contributed by atoms with van der Waals surface area (Å²) >= 11 is 0. The third-order valence-electron chi connectivity index (χ3n) is 12.0. The Hall–Kier alpha value is 0.177. The van der Waals surface area contributed by atoms with Gasteiger partial charge in [-0.25, -0.2) is 0 Å². The van der Waals surface area contributed by atoms with Gasteiger partial charge in [0.05, 0.1) is 0 Å². The molecule has 1 nitrogen and oxygen atoms in total. The van der Waals surface area contributed by atoms with Crippen molar-refractivity contribution in [3.05, 3.63) is 0 Å². The number of hydrogen-bond donors (Lipinski definition) is 1. The fourth-order valence-electron chi connectivity index (χ4n) is 8.32. The maximum atomic E-state index is 11.9. The first-order valence-electron chi connectivity index (χ1n) is 24.4. The van der Waals surface area contributed by atoms with Crippen LogP contribution in [0.15, 0.2) is 0 Å². The summed E-state index contributed by atoms with van der Waals surface area (Å²) in [6, 6.07) is 3.59. The Balaban J connectivity index is 4.07. The van der Waals surface area contributed by atoms with Crippen LogP contribution >= 0.6 is 0 Å². The fourth-order valence-corrected chi connectivity index (χ4v) is 11.8. The Morgan fingerprint density at radius 3 is 0.460 bits per heavy atom. The van der Waals surface area contributed by atoms with Gasteiger partial charge in [-0.1, -0.05) is 290 Å². The maximum Gasteiger partial charge on any atom is 0.188 e. The molecule has 0 bridgehead atoms. The highest BCUT2D eigenvalue weighted by atomic mass is 28.4.